The molecule has 0 bridgehead atoms. The first kappa shape index (κ1) is 89.7. The predicted molar refractivity (Wildman–Crippen MR) is 333 cm³/mol. The zero-order chi connectivity index (χ0) is 77.0. The van der Waals surface area contributed by atoms with Gasteiger partial charge in [0.1, 0.15) is 11.5 Å². The largest absolute Gasteiger partial charge is 0.508 e. The second kappa shape index (κ2) is 37.4. The summed E-state index contributed by atoms with van der Waals surface area (Å²) in [7, 11) is 0. The summed E-state index contributed by atoms with van der Waals surface area (Å²) in [5, 5.41) is 33.5. The van der Waals surface area contributed by atoms with Gasteiger partial charge >= 0.3 is 72.5 Å². The Balaban J connectivity index is 0.000000341. The number of hydrogen-bond donors (Lipinski definition) is 13. The number of nitrogens with two attached hydrogens (primary N) is 4. The number of piperidine rings is 3. The van der Waals surface area contributed by atoms with Crippen LogP contribution < -0.4 is 60.2 Å². The molecule has 17 N–H and O–H groups in total. The van der Waals surface area contributed by atoms with E-state index >= 15 is 0 Å². The molecule has 3 saturated heterocycles. The van der Waals surface area contributed by atoms with Crippen LogP contribution in [0.5, 0.6) is 11.5 Å². The molecule has 0 aromatic heterocycles. The van der Waals surface area contributed by atoms with Gasteiger partial charge in [0.15, 0.2) is 0 Å². The summed E-state index contributed by atoms with van der Waals surface area (Å²) in [6.07, 6.45) is -21.8. The average Bonchev–Trinajstić information content (AvgIpc) is 0.818. The first-order valence-corrected chi connectivity index (χ1v) is 32.5. The molecular formula is C58H79Cl4F18N13O8. The molecule has 2 aromatic carbocycles. The Morgan fingerprint density at radius 3 is 0.941 bits per heavy atom. The maximum atomic E-state index is 12.7. The van der Waals surface area contributed by atoms with Gasteiger partial charge in [-0.25, -0.2) is 0 Å². The highest BCUT2D eigenvalue weighted by Gasteiger charge is 2.50. The number of carbonyl (C=O) groups is 6. The van der Waals surface area contributed by atoms with Crippen molar-refractivity contribution in [1.29, 1.82) is 0 Å². The number of aromatic hydroxyl groups is 2. The van der Waals surface area contributed by atoms with Crippen LogP contribution in [0.2, 0.25) is 20.1 Å². The molecular weight excluding hydrogens is 1490 g/mol. The zero-order valence-electron chi connectivity index (χ0n) is 53.7. The van der Waals surface area contributed by atoms with Crippen molar-refractivity contribution in [3.63, 3.8) is 0 Å². The Bertz CT molecular complexity index is 2990. The number of nitrogens with zero attached hydrogens (tertiary/aromatic N) is 2. The monoisotopic (exact) mass is 1570 g/mol. The van der Waals surface area contributed by atoms with E-state index in [1.807, 2.05) is 0 Å². The molecule has 43 heteroatoms. The van der Waals surface area contributed by atoms with Gasteiger partial charge in [-0.1, -0.05) is 84.9 Å². The molecule has 0 unspecified atom stereocenters. The van der Waals surface area contributed by atoms with Crippen molar-refractivity contribution in [2.45, 2.75) is 181 Å². The van der Waals surface area contributed by atoms with Crippen LogP contribution in [0.25, 0.3) is 0 Å². The minimum atomic E-state index is -5.25. The highest BCUT2D eigenvalue weighted by atomic mass is 35.5. The van der Waals surface area contributed by atoms with Crippen LogP contribution in [0.1, 0.15) is 114 Å². The van der Waals surface area contributed by atoms with Crippen molar-refractivity contribution in [3.05, 3.63) is 55.5 Å². The maximum Gasteiger partial charge on any atom is 0.471 e. The van der Waals surface area contributed by atoms with Gasteiger partial charge in [-0.2, -0.15) is 79.0 Å². The van der Waals surface area contributed by atoms with Gasteiger partial charge in [0.05, 0.1) is 36.7 Å². The normalized spacial score (nSPS) is 19.2. The van der Waals surface area contributed by atoms with E-state index in [-0.39, 0.29) is 104 Å². The van der Waals surface area contributed by atoms with Gasteiger partial charge in [0.2, 0.25) is 0 Å². The number of phenols is 2. The standard InChI is InChI=1S/C17H17Cl2F6N3O3.C13H19Cl2N3O.C11H14F6N2O2.C10H13F6N3O2.C7H16N2/c18-10-5-9(12(29)6-11(10)19)7-28-3-1-15(2-4-28,27-14(31)17(23,24)25)8-26-13(30)16(20,21)22;14-10-5-9(12(19)6-11(10)15)7-18-3-1-13(17,8-16)2-4-18;12-10(13,14)7(20)18-6-9(4-2-1-3-5-9)19-8(21)11(15,16)17;11-9(12,13)6(20)18-5-8(1-3-17-4-2-8)19-7(21)10(14,15)16;8-6-7(9)4-2-1-3-5-7/h5-6,29H,1-4,7-8H2,(H,26,30)(H,27,31);5-6,19H,1-4,7-8,16-17H2;1-6H2,(H,18,20)(H,19,21);17H,1-5H2,(H,18,20)(H,19,21);1-6,8-9H2. The van der Waals surface area contributed by atoms with Gasteiger partial charge in [0.25, 0.3) is 0 Å². The van der Waals surface area contributed by atoms with Crippen LogP contribution in [0.3, 0.4) is 0 Å². The lowest BCUT2D eigenvalue weighted by Crippen LogP contribution is -2.63. The fourth-order valence-corrected chi connectivity index (χ4v) is 11.7. The number of halogens is 22. The highest BCUT2D eigenvalue weighted by Crippen LogP contribution is 2.36. The molecule has 5 aliphatic rings. The Labute approximate surface area is 587 Å². The van der Waals surface area contributed by atoms with Crippen molar-refractivity contribution >= 4 is 81.8 Å². The molecule has 3 heterocycles. The van der Waals surface area contributed by atoms with Gasteiger partial charge in [0, 0.05) is 106 Å². The first-order chi connectivity index (χ1) is 46.3. The molecule has 101 heavy (non-hydrogen) atoms. The third-order valence-corrected chi connectivity index (χ3v) is 18.6. The number of benzene rings is 2. The molecule has 0 radical (unpaired) electrons. The zero-order valence-corrected chi connectivity index (χ0v) is 56.7. The summed E-state index contributed by atoms with van der Waals surface area (Å²) in [5.41, 5.74) is 19.4. The van der Waals surface area contributed by atoms with Gasteiger partial charge in [-0.15, -0.1) is 0 Å². The molecule has 0 atom stereocenters. The van der Waals surface area contributed by atoms with E-state index in [1.165, 1.54) is 42.8 Å². The summed E-state index contributed by atoms with van der Waals surface area (Å²) in [5.74, 6) is -13.6. The molecule has 5 fully saturated rings. The first-order valence-electron chi connectivity index (χ1n) is 31.0. The third kappa shape index (κ3) is 30.2. The number of alkyl halides is 18. The van der Waals surface area contributed by atoms with Crippen molar-refractivity contribution < 1.29 is 118 Å². The topological polar surface area (TPSA) is 338 Å². The van der Waals surface area contributed by atoms with E-state index in [0.717, 1.165) is 44.3 Å². The average molecular weight is 1570 g/mol. The van der Waals surface area contributed by atoms with E-state index in [1.54, 1.807) is 37.6 Å². The summed E-state index contributed by atoms with van der Waals surface area (Å²) in [6.45, 7) is 1.96. The number of likely N-dealkylation sites (tertiary alicyclic amines) is 2. The van der Waals surface area contributed by atoms with Crippen LogP contribution in [0.15, 0.2) is 24.3 Å². The summed E-state index contributed by atoms with van der Waals surface area (Å²) in [6, 6.07) is 5.84. The fraction of sp³-hybridized carbons (Fsp3) is 0.690. The lowest BCUT2D eigenvalue weighted by molar-refractivity contribution is -0.177. The lowest BCUT2D eigenvalue weighted by atomic mass is 9.81. The Kier molecular flexibility index (Phi) is 33.3. The number of nitrogens with one attached hydrogen (secondary N) is 7. The Morgan fingerprint density at radius 2 is 0.653 bits per heavy atom. The summed E-state index contributed by atoms with van der Waals surface area (Å²) in [4.78, 5) is 70.0. The molecule has 21 nitrogen and oxygen atoms in total. The molecule has 0 spiro atoms. The van der Waals surface area contributed by atoms with Crippen LogP contribution in [0, 0.1) is 0 Å². The van der Waals surface area contributed by atoms with Crippen molar-refractivity contribution in [3.8, 4) is 11.5 Å². The predicted octanol–water partition coefficient (Wildman–Crippen LogP) is 8.46. The minimum absolute atomic E-state index is 0.00174. The van der Waals surface area contributed by atoms with E-state index < -0.39 is 109 Å². The van der Waals surface area contributed by atoms with E-state index in [2.05, 4.69) is 10.2 Å². The number of amides is 6. The minimum Gasteiger partial charge on any atom is -0.508 e. The molecule has 2 aromatic rings. The molecule has 6 amide bonds. The van der Waals surface area contributed by atoms with E-state index in [9.17, 15) is 118 Å². The lowest BCUT2D eigenvalue weighted by Gasteiger charge is -2.42. The van der Waals surface area contributed by atoms with Crippen LogP contribution in [-0.4, -0.2) is 192 Å². The van der Waals surface area contributed by atoms with E-state index in [4.69, 9.17) is 69.3 Å². The van der Waals surface area contributed by atoms with Gasteiger partial charge in [-0.05, 0) is 89.4 Å². The highest BCUT2D eigenvalue weighted by molar-refractivity contribution is 6.42. The molecule has 578 valence electrons. The smallest absolute Gasteiger partial charge is 0.471 e. The third-order valence-electron chi connectivity index (χ3n) is 17.2. The van der Waals surface area contributed by atoms with Gasteiger partial charge in [-0.3, -0.25) is 38.6 Å². The van der Waals surface area contributed by atoms with Crippen molar-refractivity contribution in [1.82, 2.24) is 47.0 Å². The number of phenolic OH excluding ortho intramolecular Hbond substituents is 2. The van der Waals surface area contributed by atoms with Crippen molar-refractivity contribution in [2.75, 3.05) is 72.0 Å². The van der Waals surface area contributed by atoms with Crippen molar-refractivity contribution in [2.24, 2.45) is 22.9 Å². The molecule has 2 saturated carbocycles. The van der Waals surface area contributed by atoms with Crippen LogP contribution in [-0.2, 0) is 41.9 Å². The summed E-state index contributed by atoms with van der Waals surface area (Å²) < 4.78 is 222. The molecule has 2 aliphatic carbocycles. The number of carbonyl (C=O) groups excluding carboxylic acids is 6. The Hall–Kier alpha value is -5.52. The van der Waals surface area contributed by atoms with Crippen LogP contribution >= 0.6 is 46.4 Å². The number of hydrogen-bond acceptors (Lipinski definition) is 15. The second-order valence-electron chi connectivity index (χ2n) is 25.1. The fourth-order valence-electron chi connectivity index (χ4n) is 11.0. The quantitative estimate of drug-likeness (QED) is 0.0744. The Morgan fingerprint density at radius 1 is 0.396 bits per heavy atom. The maximum absolute atomic E-state index is 12.7. The molecule has 7 rings (SSSR count). The van der Waals surface area contributed by atoms with E-state index in [0.29, 0.717) is 54.5 Å². The summed E-state index contributed by atoms with van der Waals surface area (Å²) >= 11 is 23.5. The van der Waals surface area contributed by atoms with Crippen LogP contribution in [0.4, 0.5) is 79.0 Å². The SMILES string of the molecule is NCC1(N)CCCCC1.NCC1(N)CCN(Cc2cc(Cl)c(Cl)cc2O)CC1.O=C(NCC1(NC(=O)C(F)(F)F)CCCCC1)C(F)(F)F.O=C(NCC1(NC(=O)C(F)(F)F)CCN(Cc2cc(Cl)c(Cl)cc2O)CC1)C(F)(F)F.O=C(NCC1(NC(=O)C(F)(F)F)CCNCC1)C(F)(F)F. The second-order valence-corrected chi connectivity index (χ2v) is 26.7. The van der Waals surface area contributed by atoms with Gasteiger partial charge < -0.3 is 70.4 Å². The molecule has 3 aliphatic heterocycles. The number of rotatable bonds is 15.